The minimum Gasteiger partial charge on any atom is -0.396 e. The Bertz CT molecular complexity index is 956. The van der Waals surface area contributed by atoms with E-state index in [4.69, 9.17) is 11.6 Å². The van der Waals surface area contributed by atoms with E-state index in [2.05, 4.69) is 0 Å². The number of rotatable bonds is 8. The molecule has 0 saturated carbocycles. The molecule has 3 aromatic carbocycles. The van der Waals surface area contributed by atoms with Gasteiger partial charge in [-0.3, -0.25) is 4.39 Å². The first kappa shape index (κ1) is 25.1. The molecule has 0 aliphatic rings. The highest BCUT2D eigenvalue weighted by molar-refractivity contribution is 8.00. The average molecular weight is 468 g/mol. The van der Waals surface area contributed by atoms with E-state index in [0.29, 0.717) is 25.0 Å². The van der Waals surface area contributed by atoms with Crippen molar-refractivity contribution in [2.45, 2.75) is 30.7 Å². The van der Waals surface area contributed by atoms with Gasteiger partial charge in [0.25, 0.3) is 0 Å². The number of aliphatic hydroxyl groups excluding tert-OH is 1. The molecule has 0 aliphatic carbocycles. The zero-order valence-corrected chi connectivity index (χ0v) is 18.9. The Kier molecular flexibility index (Phi) is 10.2. The lowest BCUT2D eigenvalue weighted by molar-refractivity contribution is 0.288. The molecular weight excluding hydrogens is 443 g/mol. The van der Waals surface area contributed by atoms with Crippen LogP contribution in [0, 0.1) is 11.6 Å². The molecule has 3 aromatic rings. The second-order valence-electron chi connectivity index (χ2n) is 6.67. The van der Waals surface area contributed by atoms with Gasteiger partial charge >= 0.3 is 0 Å². The van der Waals surface area contributed by atoms with Crippen molar-refractivity contribution < 1.29 is 18.3 Å². The van der Waals surface area contributed by atoms with Gasteiger partial charge in [0.1, 0.15) is 11.6 Å². The van der Waals surface area contributed by atoms with Crippen molar-refractivity contribution in [3.8, 4) is 0 Å². The summed E-state index contributed by atoms with van der Waals surface area (Å²) in [7, 11) is 0.500. The van der Waals surface area contributed by atoms with E-state index in [1.165, 1.54) is 18.0 Å². The molecule has 0 heterocycles. The van der Waals surface area contributed by atoms with Crippen LogP contribution < -0.4 is 4.31 Å². The van der Waals surface area contributed by atoms with Crippen molar-refractivity contribution in [1.29, 1.82) is 0 Å². The lowest BCUT2D eigenvalue weighted by Gasteiger charge is -2.32. The summed E-state index contributed by atoms with van der Waals surface area (Å²) in [5.74, 6) is -0.989. The Morgan fingerprint density at radius 2 is 1.68 bits per heavy atom. The number of halogens is 4. The Morgan fingerprint density at radius 1 is 1.00 bits per heavy atom. The molecule has 0 aliphatic heterocycles. The molecule has 31 heavy (non-hydrogen) atoms. The smallest absolute Gasteiger partial charge is 0.147 e. The fourth-order valence-electron chi connectivity index (χ4n) is 3.17. The number of aryl methyl sites for hydroxylation is 1. The Labute approximate surface area is 190 Å². The van der Waals surface area contributed by atoms with Crippen LogP contribution >= 0.6 is 23.5 Å². The molecular formula is C24H25ClF3NOS. The summed E-state index contributed by atoms with van der Waals surface area (Å²) in [5, 5.41) is 9.82. The number of aliphatic hydroxyl groups is 1. The molecule has 1 N–H and O–H groups in total. The van der Waals surface area contributed by atoms with Crippen molar-refractivity contribution in [3.05, 3.63) is 94.5 Å². The molecule has 166 valence electrons. The van der Waals surface area contributed by atoms with E-state index in [0.717, 1.165) is 28.2 Å². The van der Waals surface area contributed by atoms with E-state index in [1.807, 2.05) is 43.3 Å². The molecule has 1 unspecified atom stereocenters. The Morgan fingerprint density at radius 3 is 2.35 bits per heavy atom. The topological polar surface area (TPSA) is 23.5 Å². The third-order valence-electron chi connectivity index (χ3n) is 4.62. The van der Waals surface area contributed by atoms with E-state index in [-0.39, 0.29) is 18.3 Å². The summed E-state index contributed by atoms with van der Waals surface area (Å²) in [6.45, 7) is 2.07. The Balaban J connectivity index is 0.00000166. The summed E-state index contributed by atoms with van der Waals surface area (Å²) < 4.78 is 39.9. The van der Waals surface area contributed by atoms with Crippen LogP contribution in [0.25, 0.3) is 0 Å². The van der Waals surface area contributed by atoms with E-state index in [1.54, 1.807) is 16.4 Å². The number of anilines is 1. The molecule has 0 radical (unpaired) electrons. The number of nitrogens with zero attached hydrogens (tertiary/aromatic N) is 1. The number of benzene rings is 3. The predicted molar refractivity (Wildman–Crippen MR) is 123 cm³/mol. The van der Waals surface area contributed by atoms with Crippen molar-refractivity contribution in [1.82, 2.24) is 0 Å². The molecule has 0 saturated heterocycles. The van der Waals surface area contributed by atoms with Crippen LogP contribution in [0.3, 0.4) is 0 Å². The van der Waals surface area contributed by atoms with Crippen LogP contribution in [0.1, 0.15) is 30.5 Å². The lowest BCUT2D eigenvalue weighted by atomic mass is 9.97. The standard InChI is InChI=1S/C23H22ClF2NOS.CH3F/c1-16(21-7-3-2-5-17(21)6-4-14-28)27(23-15-19(25)10-13-22(23)26)29-20-11-8-18(24)9-12-20;1-2/h2-3,5,7-13,15-16,28H,4,6,14H2,1H3;1H3. The summed E-state index contributed by atoms with van der Waals surface area (Å²) >= 11 is 7.31. The minimum atomic E-state index is -0.496. The van der Waals surface area contributed by atoms with E-state index >= 15 is 0 Å². The van der Waals surface area contributed by atoms with E-state index < -0.39 is 11.6 Å². The maximum absolute atomic E-state index is 14.7. The third-order valence-corrected chi connectivity index (χ3v) is 6.07. The van der Waals surface area contributed by atoms with Gasteiger partial charge in [-0.05, 0) is 79.2 Å². The van der Waals surface area contributed by atoms with Gasteiger partial charge < -0.3 is 9.41 Å². The SMILES string of the molecule is CC(c1ccccc1CCCO)N(Sc1ccc(Cl)cc1)c1cc(F)ccc1F.CF. The van der Waals surface area contributed by atoms with Gasteiger partial charge in [-0.1, -0.05) is 35.9 Å². The molecule has 0 aromatic heterocycles. The highest BCUT2D eigenvalue weighted by Crippen LogP contribution is 2.40. The van der Waals surface area contributed by atoms with Gasteiger partial charge in [-0.25, -0.2) is 8.78 Å². The van der Waals surface area contributed by atoms with Crippen molar-refractivity contribution in [3.63, 3.8) is 0 Å². The average Bonchev–Trinajstić information content (AvgIpc) is 2.80. The van der Waals surface area contributed by atoms with Crippen molar-refractivity contribution in [2.24, 2.45) is 0 Å². The van der Waals surface area contributed by atoms with Gasteiger partial charge in [0.05, 0.1) is 18.9 Å². The molecule has 2 nitrogen and oxygen atoms in total. The molecule has 3 rings (SSSR count). The van der Waals surface area contributed by atoms with Crippen LogP contribution in [-0.2, 0) is 6.42 Å². The third kappa shape index (κ3) is 6.92. The first-order valence-corrected chi connectivity index (χ1v) is 10.9. The van der Waals surface area contributed by atoms with Crippen LogP contribution in [0.5, 0.6) is 0 Å². The zero-order chi connectivity index (χ0) is 22.8. The quantitative estimate of drug-likeness (QED) is 0.349. The molecule has 0 spiro atoms. The second kappa shape index (κ2) is 12.6. The fourth-order valence-corrected chi connectivity index (χ4v) is 4.29. The molecule has 0 bridgehead atoms. The molecule has 7 heteroatoms. The number of alkyl halides is 1. The van der Waals surface area contributed by atoms with Gasteiger partial charge in [0.2, 0.25) is 0 Å². The van der Waals surface area contributed by atoms with E-state index in [9.17, 15) is 18.3 Å². The number of hydrogen-bond donors (Lipinski definition) is 1. The van der Waals surface area contributed by atoms with Gasteiger partial charge in [0.15, 0.2) is 0 Å². The van der Waals surface area contributed by atoms with Crippen molar-refractivity contribution in [2.75, 3.05) is 18.1 Å². The van der Waals surface area contributed by atoms with Gasteiger partial charge in [0, 0.05) is 22.6 Å². The largest absolute Gasteiger partial charge is 0.396 e. The van der Waals surface area contributed by atoms with Gasteiger partial charge in [-0.2, -0.15) is 0 Å². The van der Waals surface area contributed by atoms with Crippen LogP contribution in [0.4, 0.5) is 18.9 Å². The molecule has 0 fully saturated rings. The fraction of sp³-hybridized carbons (Fsp3) is 0.250. The Hall–Kier alpha value is -2.15. The predicted octanol–water partition coefficient (Wildman–Crippen LogP) is 7.40. The lowest BCUT2D eigenvalue weighted by Crippen LogP contribution is -2.21. The normalized spacial score (nSPS) is 11.5. The maximum atomic E-state index is 14.7. The van der Waals surface area contributed by atoms with Crippen LogP contribution in [-0.4, -0.2) is 18.9 Å². The minimum absolute atomic E-state index is 0.102. The summed E-state index contributed by atoms with van der Waals surface area (Å²) in [5.41, 5.74) is 2.26. The summed E-state index contributed by atoms with van der Waals surface area (Å²) in [4.78, 5) is 0.859. The number of hydrogen-bond acceptors (Lipinski definition) is 3. The highest BCUT2D eigenvalue weighted by atomic mass is 35.5. The first-order chi connectivity index (χ1) is 15.0. The summed E-state index contributed by atoms with van der Waals surface area (Å²) in [6, 6.07) is 18.3. The maximum Gasteiger partial charge on any atom is 0.147 e. The monoisotopic (exact) mass is 467 g/mol. The van der Waals surface area contributed by atoms with Crippen LogP contribution in [0.2, 0.25) is 5.02 Å². The summed E-state index contributed by atoms with van der Waals surface area (Å²) in [6.07, 6.45) is 1.35. The first-order valence-electron chi connectivity index (χ1n) is 9.74. The molecule has 1 atom stereocenters. The second-order valence-corrected chi connectivity index (χ2v) is 8.15. The highest BCUT2D eigenvalue weighted by Gasteiger charge is 2.23. The zero-order valence-electron chi connectivity index (χ0n) is 17.4. The van der Waals surface area contributed by atoms with Crippen molar-refractivity contribution >= 4 is 29.2 Å². The van der Waals surface area contributed by atoms with Crippen LogP contribution in [0.15, 0.2) is 71.6 Å². The molecule has 0 amide bonds. The van der Waals surface area contributed by atoms with Gasteiger partial charge in [-0.15, -0.1) is 0 Å².